The minimum atomic E-state index is -0.309. The summed E-state index contributed by atoms with van der Waals surface area (Å²) in [5.74, 6) is 0.346. The van der Waals surface area contributed by atoms with Gasteiger partial charge in [0.15, 0.2) is 0 Å². The molecule has 2 heterocycles. The Morgan fingerprint density at radius 1 is 0.929 bits per heavy atom. The highest BCUT2D eigenvalue weighted by Gasteiger charge is 2.25. The van der Waals surface area contributed by atoms with E-state index in [1.165, 1.54) is 6.20 Å². The molecule has 0 atom stereocenters. The van der Waals surface area contributed by atoms with Crippen LogP contribution in [0.4, 0.5) is 11.4 Å². The minimum Gasteiger partial charge on any atom is -0.497 e. The average Bonchev–Trinajstić information content (AvgIpc) is 3.03. The zero-order valence-corrected chi connectivity index (χ0v) is 23.9. The van der Waals surface area contributed by atoms with Crippen molar-refractivity contribution >= 4 is 29.1 Å². The monoisotopic (exact) mass is 570 g/mol. The number of hydrogen-bond acceptors (Lipinski definition) is 7. The van der Waals surface area contributed by atoms with Crippen molar-refractivity contribution in [2.24, 2.45) is 5.73 Å². The van der Waals surface area contributed by atoms with Crippen molar-refractivity contribution in [1.82, 2.24) is 15.2 Å². The Labute approximate surface area is 246 Å². The molecule has 5 rings (SSSR count). The number of pyridine rings is 1. The van der Waals surface area contributed by atoms with Crippen LogP contribution >= 0.6 is 0 Å². The first-order valence-electron chi connectivity index (χ1n) is 14.5. The summed E-state index contributed by atoms with van der Waals surface area (Å²) in [7, 11) is 1.62. The molecule has 0 radical (unpaired) electrons. The van der Waals surface area contributed by atoms with Gasteiger partial charge in [-0.05, 0) is 73.7 Å². The van der Waals surface area contributed by atoms with Crippen LogP contribution in [0.25, 0.3) is 0 Å². The number of nitrogens with two attached hydrogens (primary N) is 1. The molecule has 2 aromatic carbocycles. The highest BCUT2D eigenvalue weighted by molar-refractivity contribution is 6.07. The van der Waals surface area contributed by atoms with E-state index in [0.29, 0.717) is 49.4 Å². The molecule has 42 heavy (non-hydrogen) atoms. The third kappa shape index (κ3) is 7.25. The van der Waals surface area contributed by atoms with Gasteiger partial charge in [0.25, 0.3) is 11.8 Å². The van der Waals surface area contributed by atoms with Crippen molar-refractivity contribution in [1.29, 1.82) is 0 Å². The Bertz CT molecular complexity index is 1380. The summed E-state index contributed by atoms with van der Waals surface area (Å²) in [6.07, 6.45) is 6.95. The number of benzene rings is 2. The van der Waals surface area contributed by atoms with Crippen molar-refractivity contribution in [3.05, 3.63) is 83.7 Å². The average molecular weight is 571 g/mol. The first-order chi connectivity index (χ1) is 20.4. The van der Waals surface area contributed by atoms with Gasteiger partial charge < -0.3 is 30.9 Å². The summed E-state index contributed by atoms with van der Waals surface area (Å²) >= 11 is 0. The molecular formula is C32H38N6O4. The second-order valence-corrected chi connectivity index (χ2v) is 10.9. The van der Waals surface area contributed by atoms with Gasteiger partial charge in [-0.15, -0.1) is 0 Å². The van der Waals surface area contributed by atoms with E-state index < -0.39 is 0 Å². The van der Waals surface area contributed by atoms with Gasteiger partial charge in [0.2, 0.25) is 5.91 Å². The fourth-order valence-electron chi connectivity index (χ4n) is 5.50. The van der Waals surface area contributed by atoms with Gasteiger partial charge in [-0.3, -0.25) is 19.4 Å². The molecule has 1 saturated carbocycles. The molecule has 1 aliphatic heterocycles. The predicted octanol–water partition coefficient (Wildman–Crippen LogP) is 3.23. The number of aromatic nitrogens is 1. The van der Waals surface area contributed by atoms with Gasteiger partial charge in [-0.25, -0.2) is 0 Å². The molecule has 3 amide bonds. The number of rotatable bonds is 8. The Morgan fingerprint density at radius 2 is 1.67 bits per heavy atom. The van der Waals surface area contributed by atoms with Crippen LogP contribution < -0.4 is 26.0 Å². The van der Waals surface area contributed by atoms with Crippen LogP contribution in [0.5, 0.6) is 5.75 Å². The van der Waals surface area contributed by atoms with Crippen LogP contribution in [0.15, 0.2) is 67.0 Å². The van der Waals surface area contributed by atoms with Gasteiger partial charge in [0.05, 0.1) is 30.5 Å². The molecule has 0 unspecified atom stereocenters. The molecule has 2 aliphatic rings. The molecule has 0 spiro atoms. The molecule has 3 aromatic rings. The number of piperazine rings is 1. The van der Waals surface area contributed by atoms with Crippen LogP contribution in [-0.2, 0) is 11.2 Å². The molecule has 1 aromatic heterocycles. The van der Waals surface area contributed by atoms with Gasteiger partial charge in [-0.1, -0.05) is 12.1 Å². The zero-order chi connectivity index (χ0) is 29.5. The number of ether oxygens (including phenoxy) is 1. The quantitative estimate of drug-likeness (QED) is 0.379. The minimum absolute atomic E-state index is 0.0700. The fourth-order valence-corrected chi connectivity index (χ4v) is 5.50. The van der Waals surface area contributed by atoms with Crippen molar-refractivity contribution < 1.29 is 19.1 Å². The largest absolute Gasteiger partial charge is 0.497 e. The van der Waals surface area contributed by atoms with Crippen molar-refractivity contribution in [2.75, 3.05) is 43.5 Å². The van der Waals surface area contributed by atoms with Crippen molar-refractivity contribution in [2.45, 2.75) is 44.2 Å². The summed E-state index contributed by atoms with van der Waals surface area (Å²) in [6.45, 7) is 2.30. The number of nitrogens with zero attached hydrogens (tertiary/aromatic N) is 3. The predicted molar refractivity (Wildman–Crippen MR) is 162 cm³/mol. The Balaban J connectivity index is 1.28. The standard InChI is InChI=1S/C32H38N6O4/c1-42-27-11-4-22(5-12-27)19-30(39)38-17-15-37(16-18-38)29-13-6-23(31(40)35-26-9-7-25(33)8-10-26)20-28(29)36-32(41)24-3-2-14-34-21-24/h2-6,11-14,20-21,25-26H,7-10,15-19,33H2,1H3,(H,35,40)(H,36,41). The zero-order valence-electron chi connectivity index (χ0n) is 23.9. The second kappa shape index (κ2) is 13.5. The molecule has 1 saturated heterocycles. The lowest BCUT2D eigenvalue weighted by molar-refractivity contribution is -0.130. The third-order valence-electron chi connectivity index (χ3n) is 8.03. The van der Waals surface area contributed by atoms with E-state index in [1.807, 2.05) is 35.2 Å². The van der Waals surface area contributed by atoms with Gasteiger partial charge in [0, 0.05) is 56.2 Å². The number of nitrogens with one attached hydrogen (secondary N) is 2. The summed E-state index contributed by atoms with van der Waals surface area (Å²) in [6, 6.07) is 16.6. The normalized spacial score (nSPS) is 18.7. The van der Waals surface area contributed by atoms with Crippen molar-refractivity contribution in [3.63, 3.8) is 0 Å². The molecule has 1 aliphatic carbocycles. The number of carbonyl (C=O) groups is 3. The van der Waals surface area contributed by atoms with Gasteiger partial charge in [-0.2, -0.15) is 0 Å². The number of hydrogen-bond donors (Lipinski definition) is 3. The number of methoxy groups -OCH3 is 1. The van der Waals surface area contributed by atoms with Crippen LogP contribution in [0.2, 0.25) is 0 Å². The number of carbonyl (C=O) groups excluding carboxylic acids is 3. The molecular weight excluding hydrogens is 532 g/mol. The van der Waals surface area contributed by atoms with E-state index in [1.54, 1.807) is 37.6 Å². The lowest BCUT2D eigenvalue weighted by atomic mass is 9.91. The molecule has 10 nitrogen and oxygen atoms in total. The van der Waals surface area contributed by atoms with E-state index in [-0.39, 0.29) is 29.8 Å². The van der Waals surface area contributed by atoms with Crippen LogP contribution in [0.3, 0.4) is 0 Å². The Hall–Kier alpha value is -4.44. The molecule has 4 N–H and O–H groups in total. The Morgan fingerprint density at radius 3 is 2.33 bits per heavy atom. The van der Waals surface area contributed by atoms with Crippen LogP contribution in [0, 0.1) is 0 Å². The van der Waals surface area contributed by atoms with E-state index in [9.17, 15) is 14.4 Å². The maximum Gasteiger partial charge on any atom is 0.257 e. The summed E-state index contributed by atoms with van der Waals surface area (Å²) in [4.78, 5) is 47.3. The van der Waals surface area contributed by atoms with Crippen LogP contribution in [0.1, 0.15) is 52.0 Å². The highest BCUT2D eigenvalue weighted by Crippen LogP contribution is 2.29. The molecule has 0 bridgehead atoms. The van der Waals surface area contributed by atoms with E-state index >= 15 is 0 Å². The van der Waals surface area contributed by atoms with E-state index in [4.69, 9.17) is 10.5 Å². The Kier molecular flexibility index (Phi) is 9.33. The maximum atomic E-state index is 13.2. The van der Waals surface area contributed by atoms with Crippen molar-refractivity contribution in [3.8, 4) is 5.75 Å². The fraction of sp³-hybridized carbons (Fsp3) is 0.375. The smallest absolute Gasteiger partial charge is 0.257 e. The summed E-state index contributed by atoms with van der Waals surface area (Å²) in [5, 5.41) is 6.13. The van der Waals surface area contributed by atoms with E-state index in [2.05, 4.69) is 20.5 Å². The summed E-state index contributed by atoms with van der Waals surface area (Å²) < 4.78 is 5.20. The first kappa shape index (κ1) is 29.1. The SMILES string of the molecule is COc1ccc(CC(=O)N2CCN(c3ccc(C(=O)NC4CCC(N)CC4)cc3NC(=O)c3cccnc3)CC2)cc1. The second-order valence-electron chi connectivity index (χ2n) is 10.9. The highest BCUT2D eigenvalue weighted by atomic mass is 16.5. The summed E-state index contributed by atoms with van der Waals surface area (Å²) in [5.41, 5.74) is 9.20. The maximum absolute atomic E-state index is 13.2. The number of anilines is 2. The van der Waals surface area contributed by atoms with Gasteiger partial charge >= 0.3 is 0 Å². The van der Waals surface area contributed by atoms with Crippen LogP contribution in [-0.4, -0.2) is 73.0 Å². The molecule has 10 heteroatoms. The molecule has 220 valence electrons. The topological polar surface area (TPSA) is 130 Å². The number of amides is 3. The third-order valence-corrected chi connectivity index (χ3v) is 8.03. The van der Waals surface area contributed by atoms with E-state index in [0.717, 1.165) is 42.7 Å². The first-order valence-corrected chi connectivity index (χ1v) is 14.5. The molecule has 2 fully saturated rings. The lowest BCUT2D eigenvalue weighted by Gasteiger charge is -2.37. The lowest BCUT2D eigenvalue weighted by Crippen LogP contribution is -2.49. The van der Waals surface area contributed by atoms with Gasteiger partial charge in [0.1, 0.15) is 5.75 Å².